The Labute approximate surface area is 121 Å². The average molecular weight is 272 g/mol. The topological polar surface area (TPSA) is 46.3 Å². The molecule has 3 rings (SSSR count). The van der Waals surface area contributed by atoms with Crippen molar-refractivity contribution in [1.29, 1.82) is 0 Å². The summed E-state index contributed by atoms with van der Waals surface area (Å²) < 4.78 is 0. The van der Waals surface area contributed by atoms with Crippen LogP contribution in [0.3, 0.4) is 0 Å². The van der Waals surface area contributed by atoms with Gasteiger partial charge in [0.15, 0.2) is 0 Å². The molecule has 2 unspecified atom stereocenters. The number of benzene rings is 1. The Hall–Kier alpha value is -1.35. The summed E-state index contributed by atoms with van der Waals surface area (Å²) in [5.41, 5.74) is 8.61. The lowest BCUT2D eigenvalue weighted by Gasteiger charge is -2.40. The number of likely N-dealkylation sites (tertiary alicyclic amines) is 1. The van der Waals surface area contributed by atoms with Crippen LogP contribution < -0.4 is 5.73 Å². The molecule has 1 aromatic carbocycles. The molecule has 1 heterocycles. The lowest BCUT2D eigenvalue weighted by atomic mass is 9.89. The van der Waals surface area contributed by atoms with Gasteiger partial charge in [-0.05, 0) is 42.7 Å². The van der Waals surface area contributed by atoms with Crippen molar-refractivity contribution >= 4 is 5.91 Å². The van der Waals surface area contributed by atoms with Crippen LogP contribution in [0.1, 0.15) is 30.9 Å². The smallest absolute Gasteiger partial charge is 0.226 e. The van der Waals surface area contributed by atoms with E-state index in [9.17, 15) is 4.79 Å². The monoisotopic (exact) mass is 272 g/mol. The first-order chi connectivity index (χ1) is 9.70. The standard InChI is InChI=1S/C17H24N2O/c1-12-5-4-8-19(16(12)11-18)17(20)15-9-13-6-2-3-7-14(13)10-15/h2-3,6-7,12,15-16H,4-5,8-11,18H2,1H3. The Kier molecular flexibility index (Phi) is 3.79. The van der Waals surface area contributed by atoms with Crippen molar-refractivity contribution in [2.24, 2.45) is 17.6 Å². The molecule has 20 heavy (non-hydrogen) atoms. The number of fused-ring (bicyclic) bond motifs is 1. The molecule has 0 saturated carbocycles. The number of amides is 1. The average Bonchev–Trinajstić information content (AvgIpc) is 2.90. The van der Waals surface area contributed by atoms with E-state index in [0.717, 1.165) is 25.8 Å². The zero-order valence-electron chi connectivity index (χ0n) is 12.2. The normalized spacial score (nSPS) is 26.6. The van der Waals surface area contributed by atoms with Crippen molar-refractivity contribution in [2.45, 2.75) is 38.6 Å². The number of carbonyl (C=O) groups excluding carboxylic acids is 1. The second-order valence-electron chi connectivity index (χ2n) is 6.33. The molecular weight excluding hydrogens is 248 g/mol. The van der Waals surface area contributed by atoms with Crippen LogP contribution in [-0.2, 0) is 17.6 Å². The summed E-state index contributed by atoms with van der Waals surface area (Å²) in [4.78, 5) is 14.9. The zero-order chi connectivity index (χ0) is 14.1. The zero-order valence-corrected chi connectivity index (χ0v) is 12.2. The first kappa shape index (κ1) is 13.6. The Balaban J connectivity index is 1.74. The van der Waals surface area contributed by atoms with Gasteiger partial charge in [-0.2, -0.15) is 0 Å². The molecule has 1 fully saturated rings. The molecule has 0 spiro atoms. The van der Waals surface area contributed by atoms with Gasteiger partial charge in [0.05, 0.1) is 0 Å². The van der Waals surface area contributed by atoms with Crippen LogP contribution in [0.4, 0.5) is 0 Å². The molecule has 3 heteroatoms. The minimum atomic E-state index is 0.131. The number of carbonyl (C=O) groups is 1. The summed E-state index contributed by atoms with van der Waals surface area (Å²) in [5.74, 6) is 0.983. The molecule has 1 aliphatic carbocycles. The highest BCUT2D eigenvalue weighted by molar-refractivity contribution is 5.81. The molecule has 1 aromatic rings. The van der Waals surface area contributed by atoms with Crippen LogP contribution in [0.5, 0.6) is 0 Å². The van der Waals surface area contributed by atoms with Gasteiger partial charge in [0.25, 0.3) is 0 Å². The van der Waals surface area contributed by atoms with Crippen LogP contribution in [0.2, 0.25) is 0 Å². The second kappa shape index (κ2) is 5.57. The highest BCUT2D eigenvalue weighted by atomic mass is 16.2. The van der Waals surface area contributed by atoms with Gasteiger partial charge < -0.3 is 10.6 Å². The van der Waals surface area contributed by atoms with Gasteiger partial charge in [0.1, 0.15) is 0 Å². The molecule has 2 aliphatic rings. The summed E-state index contributed by atoms with van der Waals surface area (Å²) in [7, 11) is 0. The molecule has 2 atom stereocenters. The Morgan fingerprint density at radius 3 is 2.55 bits per heavy atom. The van der Waals surface area contributed by atoms with Gasteiger partial charge in [-0.1, -0.05) is 31.2 Å². The summed E-state index contributed by atoms with van der Waals surface area (Å²) in [6.45, 7) is 3.70. The minimum Gasteiger partial charge on any atom is -0.338 e. The molecule has 0 aromatic heterocycles. The number of piperidine rings is 1. The Morgan fingerprint density at radius 1 is 1.30 bits per heavy atom. The van der Waals surface area contributed by atoms with Crippen molar-refractivity contribution < 1.29 is 4.79 Å². The van der Waals surface area contributed by atoms with Gasteiger partial charge in [0.2, 0.25) is 5.91 Å². The van der Waals surface area contributed by atoms with E-state index in [2.05, 4.69) is 36.1 Å². The Morgan fingerprint density at radius 2 is 1.95 bits per heavy atom. The summed E-state index contributed by atoms with van der Waals surface area (Å²) in [6.07, 6.45) is 4.11. The van der Waals surface area contributed by atoms with Crippen molar-refractivity contribution in [3.63, 3.8) is 0 Å². The van der Waals surface area contributed by atoms with Crippen molar-refractivity contribution in [3.05, 3.63) is 35.4 Å². The van der Waals surface area contributed by atoms with Gasteiger partial charge in [-0.3, -0.25) is 4.79 Å². The fraction of sp³-hybridized carbons (Fsp3) is 0.588. The van der Waals surface area contributed by atoms with E-state index >= 15 is 0 Å². The van der Waals surface area contributed by atoms with Crippen molar-refractivity contribution in [1.82, 2.24) is 4.90 Å². The summed E-state index contributed by atoms with van der Waals surface area (Å²) in [5, 5.41) is 0. The molecule has 2 N–H and O–H groups in total. The Bertz CT molecular complexity index is 475. The van der Waals surface area contributed by atoms with Gasteiger partial charge in [-0.15, -0.1) is 0 Å². The van der Waals surface area contributed by atoms with Crippen LogP contribution in [0.15, 0.2) is 24.3 Å². The molecular formula is C17H24N2O. The SMILES string of the molecule is CC1CCCN(C(=O)C2Cc3ccccc3C2)C1CN. The third-order valence-corrected chi connectivity index (χ3v) is 5.04. The van der Waals surface area contributed by atoms with Crippen molar-refractivity contribution in [3.8, 4) is 0 Å². The molecule has 1 aliphatic heterocycles. The second-order valence-corrected chi connectivity index (χ2v) is 6.33. The van der Waals surface area contributed by atoms with E-state index in [1.807, 2.05) is 0 Å². The molecule has 0 radical (unpaired) electrons. The number of nitrogens with two attached hydrogens (primary N) is 1. The van der Waals surface area contributed by atoms with E-state index in [4.69, 9.17) is 5.73 Å². The summed E-state index contributed by atoms with van der Waals surface area (Å²) >= 11 is 0. The van der Waals surface area contributed by atoms with Gasteiger partial charge >= 0.3 is 0 Å². The number of hydrogen-bond acceptors (Lipinski definition) is 2. The van der Waals surface area contributed by atoms with Crippen LogP contribution in [0, 0.1) is 11.8 Å². The third-order valence-electron chi connectivity index (χ3n) is 5.04. The predicted octanol–water partition coefficient (Wildman–Crippen LogP) is 1.99. The maximum atomic E-state index is 12.9. The van der Waals surface area contributed by atoms with E-state index < -0.39 is 0 Å². The quantitative estimate of drug-likeness (QED) is 0.895. The highest BCUT2D eigenvalue weighted by Crippen LogP contribution is 2.31. The molecule has 0 bridgehead atoms. The molecule has 3 nitrogen and oxygen atoms in total. The lowest BCUT2D eigenvalue weighted by Crippen LogP contribution is -2.53. The maximum absolute atomic E-state index is 12.9. The maximum Gasteiger partial charge on any atom is 0.226 e. The number of rotatable bonds is 2. The highest BCUT2D eigenvalue weighted by Gasteiger charge is 2.36. The van der Waals surface area contributed by atoms with Crippen LogP contribution in [-0.4, -0.2) is 29.9 Å². The fourth-order valence-corrected chi connectivity index (χ4v) is 3.85. The number of nitrogens with zero attached hydrogens (tertiary/aromatic N) is 1. The van der Waals surface area contributed by atoms with Crippen LogP contribution in [0.25, 0.3) is 0 Å². The van der Waals surface area contributed by atoms with Gasteiger partial charge in [0, 0.05) is 25.0 Å². The van der Waals surface area contributed by atoms with Gasteiger partial charge in [-0.25, -0.2) is 0 Å². The summed E-state index contributed by atoms with van der Waals surface area (Å²) in [6, 6.07) is 8.68. The predicted molar refractivity (Wildman–Crippen MR) is 80.3 cm³/mol. The molecule has 108 valence electrons. The molecule has 1 amide bonds. The van der Waals surface area contributed by atoms with Crippen molar-refractivity contribution in [2.75, 3.05) is 13.1 Å². The molecule has 1 saturated heterocycles. The van der Waals surface area contributed by atoms with E-state index in [-0.39, 0.29) is 12.0 Å². The lowest BCUT2D eigenvalue weighted by molar-refractivity contribution is -0.140. The number of hydrogen-bond donors (Lipinski definition) is 1. The fourth-order valence-electron chi connectivity index (χ4n) is 3.85. The first-order valence-electron chi connectivity index (χ1n) is 7.78. The van der Waals surface area contributed by atoms with Crippen LogP contribution >= 0.6 is 0 Å². The largest absolute Gasteiger partial charge is 0.338 e. The van der Waals surface area contributed by atoms with E-state index in [0.29, 0.717) is 18.4 Å². The minimum absolute atomic E-state index is 0.131. The first-order valence-corrected chi connectivity index (χ1v) is 7.78. The third kappa shape index (κ3) is 2.35. The van der Waals surface area contributed by atoms with E-state index in [1.165, 1.54) is 17.5 Å². The van der Waals surface area contributed by atoms with E-state index in [1.54, 1.807) is 0 Å².